The molecule has 2 rings (SSSR count). The largest absolute Gasteiger partial charge is 0.480 e. The van der Waals surface area contributed by atoms with Crippen LogP contribution in [0.4, 0.5) is 5.69 Å². The summed E-state index contributed by atoms with van der Waals surface area (Å²) in [5, 5.41) is 21.4. The summed E-state index contributed by atoms with van der Waals surface area (Å²) >= 11 is 4.80. The van der Waals surface area contributed by atoms with Crippen LogP contribution < -0.4 is 5.32 Å². The molecule has 0 saturated carbocycles. The molecule has 1 saturated heterocycles. The van der Waals surface area contributed by atoms with Crippen molar-refractivity contribution in [3.63, 3.8) is 0 Å². The highest BCUT2D eigenvalue weighted by molar-refractivity contribution is 7.79. The molecular formula is C19H28N4O4S. The Hall–Kier alpha value is -2.07. The molecule has 0 spiro atoms. The van der Waals surface area contributed by atoms with E-state index in [-0.39, 0.29) is 19.1 Å². The van der Waals surface area contributed by atoms with Gasteiger partial charge in [0.1, 0.15) is 0 Å². The van der Waals surface area contributed by atoms with Gasteiger partial charge >= 0.3 is 11.9 Å². The standard InChI is InChI=1S/C19H28N4O4S/c1-21-6-7-22(12-18(24)25)8-9-23(13-19(26)27)17(11-21)10-15-2-4-16(5-3-15)20-14-28/h2-5,14,17H,6-13H2,1H3,(H,20,28)(H,24,25)(H,26,27). The van der Waals surface area contributed by atoms with E-state index in [1.807, 2.05) is 41.1 Å². The van der Waals surface area contributed by atoms with Crippen LogP contribution in [-0.4, -0.2) is 101 Å². The molecule has 0 bridgehead atoms. The van der Waals surface area contributed by atoms with Gasteiger partial charge in [-0.2, -0.15) is 0 Å². The Balaban J connectivity index is 2.15. The number of nitrogens with zero attached hydrogens (tertiary/aromatic N) is 3. The van der Waals surface area contributed by atoms with E-state index in [1.54, 1.807) is 0 Å². The van der Waals surface area contributed by atoms with Crippen LogP contribution in [0.15, 0.2) is 24.3 Å². The summed E-state index contributed by atoms with van der Waals surface area (Å²) in [5.41, 5.74) is 3.49. The molecule has 1 fully saturated rings. The Kier molecular flexibility index (Phi) is 8.78. The van der Waals surface area contributed by atoms with Crippen LogP contribution in [0.2, 0.25) is 0 Å². The van der Waals surface area contributed by atoms with Crippen molar-refractivity contribution in [3.05, 3.63) is 29.8 Å². The lowest BCUT2D eigenvalue weighted by molar-refractivity contribution is -0.140. The molecule has 1 atom stereocenters. The van der Waals surface area contributed by atoms with Crippen LogP contribution in [-0.2, 0) is 16.0 Å². The molecule has 8 nitrogen and oxygen atoms in total. The molecule has 28 heavy (non-hydrogen) atoms. The molecule has 0 aliphatic carbocycles. The van der Waals surface area contributed by atoms with Gasteiger partial charge in [0.15, 0.2) is 0 Å². The second-order valence-corrected chi connectivity index (χ2v) is 7.35. The predicted octanol–water partition coefficient (Wildman–Crippen LogP) is 0.685. The maximum Gasteiger partial charge on any atom is 0.317 e. The van der Waals surface area contributed by atoms with Crippen LogP contribution in [0.25, 0.3) is 0 Å². The number of hydrogen-bond donors (Lipinski definition) is 3. The first-order valence-corrected chi connectivity index (χ1v) is 9.72. The second kappa shape index (κ2) is 11.1. The van der Waals surface area contributed by atoms with Gasteiger partial charge in [-0.1, -0.05) is 24.4 Å². The minimum absolute atomic E-state index is 0.0233. The number of benzene rings is 1. The molecule has 9 heteroatoms. The number of nitrogens with one attached hydrogen (secondary N) is 1. The Labute approximate surface area is 170 Å². The van der Waals surface area contributed by atoms with Crippen molar-refractivity contribution < 1.29 is 19.8 Å². The number of carboxylic acid groups (broad SMARTS) is 2. The van der Waals surface area contributed by atoms with Crippen molar-refractivity contribution in [2.45, 2.75) is 12.5 Å². The number of carbonyl (C=O) groups is 2. The number of anilines is 1. The van der Waals surface area contributed by atoms with Crippen molar-refractivity contribution >= 4 is 35.3 Å². The summed E-state index contributed by atoms with van der Waals surface area (Å²) in [5.74, 6) is -1.74. The molecule has 3 N–H and O–H groups in total. The first-order chi connectivity index (χ1) is 13.4. The average Bonchev–Trinajstić information content (AvgIpc) is 2.68. The van der Waals surface area contributed by atoms with Crippen LogP contribution >= 0.6 is 12.2 Å². The summed E-state index contributed by atoms with van der Waals surface area (Å²) in [6.07, 6.45) is 0.717. The van der Waals surface area contributed by atoms with Crippen molar-refractivity contribution in [2.24, 2.45) is 0 Å². The SMILES string of the molecule is CN1CCN(CC(=O)O)CCN(CC(=O)O)C(Cc2ccc(NC=S)cc2)C1. The van der Waals surface area contributed by atoms with Crippen LogP contribution in [0, 0.1) is 0 Å². The van der Waals surface area contributed by atoms with Gasteiger partial charge in [-0.3, -0.25) is 19.4 Å². The summed E-state index contributed by atoms with van der Waals surface area (Å²) in [6.45, 7) is 3.05. The zero-order valence-electron chi connectivity index (χ0n) is 16.1. The number of carboxylic acids is 2. The van der Waals surface area contributed by atoms with Gasteiger partial charge in [0, 0.05) is 44.5 Å². The van der Waals surface area contributed by atoms with Crippen molar-refractivity contribution in [3.8, 4) is 0 Å². The Morgan fingerprint density at radius 2 is 1.75 bits per heavy atom. The van der Waals surface area contributed by atoms with Gasteiger partial charge in [0.25, 0.3) is 0 Å². The number of hydrogen-bond acceptors (Lipinski definition) is 6. The summed E-state index contributed by atoms with van der Waals surface area (Å²) in [4.78, 5) is 28.5. The third kappa shape index (κ3) is 7.51. The quantitative estimate of drug-likeness (QED) is 0.537. The van der Waals surface area contributed by atoms with E-state index in [0.29, 0.717) is 32.6 Å². The third-order valence-corrected chi connectivity index (χ3v) is 5.01. The van der Waals surface area contributed by atoms with Gasteiger partial charge in [-0.25, -0.2) is 0 Å². The van der Waals surface area contributed by atoms with Crippen LogP contribution in [0.3, 0.4) is 0 Å². The highest BCUT2D eigenvalue weighted by atomic mass is 32.1. The van der Waals surface area contributed by atoms with E-state index >= 15 is 0 Å². The van der Waals surface area contributed by atoms with E-state index in [4.69, 9.17) is 17.3 Å². The highest BCUT2D eigenvalue weighted by Crippen LogP contribution is 2.15. The molecule has 1 heterocycles. The van der Waals surface area contributed by atoms with E-state index in [2.05, 4.69) is 10.2 Å². The Bertz CT molecular complexity index is 670. The van der Waals surface area contributed by atoms with E-state index < -0.39 is 11.9 Å². The average molecular weight is 409 g/mol. The molecule has 1 aromatic carbocycles. The minimum atomic E-state index is -0.878. The second-order valence-electron chi connectivity index (χ2n) is 7.11. The maximum atomic E-state index is 11.4. The van der Waals surface area contributed by atoms with Crippen LogP contribution in [0.1, 0.15) is 5.56 Å². The van der Waals surface area contributed by atoms with E-state index in [1.165, 1.54) is 5.49 Å². The molecule has 1 aromatic rings. The lowest BCUT2D eigenvalue weighted by Gasteiger charge is -2.32. The molecule has 0 radical (unpaired) electrons. The Morgan fingerprint density at radius 1 is 1.11 bits per heavy atom. The zero-order valence-corrected chi connectivity index (χ0v) is 16.9. The maximum absolute atomic E-state index is 11.4. The first-order valence-electron chi connectivity index (χ1n) is 9.25. The van der Waals surface area contributed by atoms with Crippen LogP contribution in [0.5, 0.6) is 0 Å². The fourth-order valence-corrected chi connectivity index (χ4v) is 3.58. The number of aliphatic carboxylic acids is 2. The Morgan fingerprint density at radius 3 is 2.36 bits per heavy atom. The van der Waals surface area contributed by atoms with Gasteiger partial charge in [-0.05, 0) is 31.2 Å². The summed E-state index contributed by atoms with van der Waals surface area (Å²) in [6, 6.07) is 7.96. The van der Waals surface area contributed by atoms with E-state index in [0.717, 1.165) is 17.8 Å². The molecule has 1 aliphatic rings. The first kappa shape index (κ1) is 22.2. The molecular weight excluding hydrogens is 380 g/mol. The van der Waals surface area contributed by atoms with Gasteiger partial charge in [0.05, 0.1) is 18.6 Å². The fraction of sp³-hybridized carbons (Fsp3) is 0.526. The third-order valence-electron chi connectivity index (χ3n) is 4.89. The van der Waals surface area contributed by atoms with Crippen molar-refractivity contribution in [1.82, 2.24) is 14.7 Å². The lowest BCUT2D eigenvalue weighted by atomic mass is 10.0. The number of rotatable bonds is 8. The lowest BCUT2D eigenvalue weighted by Crippen LogP contribution is -2.47. The van der Waals surface area contributed by atoms with E-state index in [9.17, 15) is 14.7 Å². The molecule has 1 unspecified atom stereocenters. The normalized spacial score (nSPS) is 20.0. The fourth-order valence-electron chi connectivity index (χ4n) is 3.45. The summed E-state index contributed by atoms with van der Waals surface area (Å²) < 4.78 is 0. The molecule has 154 valence electrons. The zero-order chi connectivity index (χ0) is 20.5. The topological polar surface area (TPSA) is 96.4 Å². The summed E-state index contributed by atoms with van der Waals surface area (Å²) in [7, 11) is 1.99. The van der Waals surface area contributed by atoms with Crippen molar-refractivity contribution in [1.29, 1.82) is 0 Å². The van der Waals surface area contributed by atoms with Crippen molar-refractivity contribution in [2.75, 3.05) is 58.2 Å². The number of thiocarbonyl (C=S) groups is 1. The van der Waals surface area contributed by atoms with Gasteiger partial charge < -0.3 is 20.4 Å². The highest BCUT2D eigenvalue weighted by Gasteiger charge is 2.25. The monoisotopic (exact) mass is 408 g/mol. The predicted molar refractivity (Wildman–Crippen MR) is 112 cm³/mol. The molecule has 0 amide bonds. The molecule has 1 aliphatic heterocycles. The number of likely N-dealkylation sites (N-methyl/N-ethyl adjacent to an activating group) is 1. The van der Waals surface area contributed by atoms with Gasteiger partial charge in [-0.15, -0.1) is 0 Å². The smallest absolute Gasteiger partial charge is 0.317 e. The molecule has 0 aromatic heterocycles. The minimum Gasteiger partial charge on any atom is -0.480 e. The van der Waals surface area contributed by atoms with Gasteiger partial charge in [0.2, 0.25) is 0 Å².